The number of ether oxygens (including phenoxy) is 1. The van der Waals surface area contributed by atoms with Gasteiger partial charge in [0.25, 0.3) is 0 Å². The van der Waals surface area contributed by atoms with E-state index >= 15 is 0 Å². The van der Waals surface area contributed by atoms with Crippen LogP contribution in [0.25, 0.3) is 0 Å². The van der Waals surface area contributed by atoms with Gasteiger partial charge in [-0.3, -0.25) is 4.99 Å². The Morgan fingerprint density at radius 3 is 2.36 bits per heavy atom. The quantitative estimate of drug-likeness (QED) is 0.501. The average Bonchev–Trinajstić information content (AvgIpc) is 2.44. The predicted molar refractivity (Wildman–Crippen MR) is 90.0 cm³/mol. The first-order chi connectivity index (χ1) is 11.5. The summed E-state index contributed by atoms with van der Waals surface area (Å²) in [6, 6.07) is 0. The molecule has 0 aromatic heterocycles. The molecule has 148 valence electrons. The first kappa shape index (κ1) is 22.0. The van der Waals surface area contributed by atoms with Crippen LogP contribution >= 0.6 is 0 Å². The van der Waals surface area contributed by atoms with Crippen molar-refractivity contribution < 1.29 is 26.3 Å². The summed E-state index contributed by atoms with van der Waals surface area (Å²) in [4.78, 5) is 3.80. The van der Waals surface area contributed by atoms with Crippen LogP contribution in [0, 0.1) is 0 Å². The predicted octanol–water partition coefficient (Wildman–Crippen LogP) is 0.933. The number of nitrogens with one attached hydrogen (secondary N) is 2. The third-order valence-corrected chi connectivity index (χ3v) is 5.25. The summed E-state index contributed by atoms with van der Waals surface area (Å²) < 4.78 is 68.2. The molecule has 0 aromatic rings. The summed E-state index contributed by atoms with van der Waals surface area (Å²) in [6.07, 6.45) is -5.64. The van der Waals surface area contributed by atoms with Crippen LogP contribution in [0.5, 0.6) is 0 Å². The zero-order valence-corrected chi connectivity index (χ0v) is 15.6. The first-order valence-corrected chi connectivity index (χ1v) is 9.86. The van der Waals surface area contributed by atoms with E-state index in [1.54, 1.807) is 6.92 Å². The van der Waals surface area contributed by atoms with Crippen molar-refractivity contribution in [3.8, 4) is 0 Å². The molecule has 0 bridgehead atoms. The zero-order chi connectivity index (χ0) is 19.1. The molecule has 1 fully saturated rings. The van der Waals surface area contributed by atoms with E-state index in [1.807, 2.05) is 13.8 Å². The van der Waals surface area contributed by atoms with Gasteiger partial charge >= 0.3 is 6.18 Å². The van der Waals surface area contributed by atoms with Gasteiger partial charge in [0.15, 0.2) is 5.96 Å². The van der Waals surface area contributed by atoms with E-state index in [1.165, 1.54) is 4.31 Å². The number of guanidine groups is 1. The lowest BCUT2D eigenvalue weighted by molar-refractivity contribution is -0.132. The van der Waals surface area contributed by atoms with Gasteiger partial charge in [0.1, 0.15) is 0 Å². The van der Waals surface area contributed by atoms with Gasteiger partial charge < -0.3 is 15.4 Å². The van der Waals surface area contributed by atoms with Gasteiger partial charge in [-0.2, -0.15) is 17.5 Å². The molecule has 0 spiro atoms. The van der Waals surface area contributed by atoms with Crippen molar-refractivity contribution in [2.45, 2.75) is 45.6 Å². The highest BCUT2D eigenvalue weighted by Gasteiger charge is 2.30. The monoisotopic (exact) mass is 388 g/mol. The van der Waals surface area contributed by atoms with E-state index in [0.717, 1.165) is 0 Å². The summed E-state index contributed by atoms with van der Waals surface area (Å²) in [6.45, 7) is 6.10. The van der Waals surface area contributed by atoms with Crippen LogP contribution in [0.2, 0.25) is 0 Å². The maximum absolute atomic E-state index is 12.4. The minimum atomic E-state index is -4.27. The highest BCUT2D eigenvalue weighted by molar-refractivity contribution is 7.89. The molecule has 2 atom stereocenters. The second-order valence-electron chi connectivity index (χ2n) is 5.94. The van der Waals surface area contributed by atoms with Crippen LogP contribution in [-0.4, -0.2) is 75.5 Å². The van der Waals surface area contributed by atoms with E-state index in [4.69, 9.17) is 4.74 Å². The number of aliphatic imine (C=N–C) groups is 1. The lowest BCUT2D eigenvalue weighted by Crippen LogP contribution is -2.50. The molecule has 7 nitrogen and oxygen atoms in total. The van der Waals surface area contributed by atoms with E-state index in [9.17, 15) is 21.6 Å². The Kier molecular flexibility index (Phi) is 8.42. The lowest BCUT2D eigenvalue weighted by Gasteiger charge is -2.34. The largest absolute Gasteiger partial charge is 0.390 e. The number of hydrogen-bond donors (Lipinski definition) is 2. The maximum Gasteiger partial charge on any atom is 0.390 e. The van der Waals surface area contributed by atoms with Crippen LogP contribution < -0.4 is 10.6 Å². The van der Waals surface area contributed by atoms with Crippen molar-refractivity contribution in [2.24, 2.45) is 4.99 Å². The number of halogens is 3. The van der Waals surface area contributed by atoms with E-state index < -0.39 is 29.2 Å². The van der Waals surface area contributed by atoms with Gasteiger partial charge in [-0.1, -0.05) is 0 Å². The van der Waals surface area contributed by atoms with Gasteiger partial charge in [0.05, 0.1) is 30.9 Å². The van der Waals surface area contributed by atoms with Crippen LogP contribution in [0.15, 0.2) is 4.99 Å². The highest BCUT2D eigenvalue weighted by atomic mass is 32.2. The van der Waals surface area contributed by atoms with Gasteiger partial charge in [-0.25, -0.2) is 8.42 Å². The van der Waals surface area contributed by atoms with Crippen molar-refractivity contribution in [3.05, 3.63) is 0 Å². The zero-order valence-electron chi connectivity index (χ0n) is 14.8. The summed E-state index contributed by atoms with van der Waals surface area (Å²) in [7, 11) is -3.48. The molecule has 25 heavy (non-hydrogen) atoms. The molecule has 1 rings (SSSR count). The smallest absolute Gasteiger partial charge is 0.373 e. The third-order valence-electron chi connectivity index (χ3n) is 3.44. The second-order valence-corrected chi connectivity index (χ2v) is 8.03. The Labute approximate surface area is 147 Å². The Balaban J connectivity index is 2.52. The fourth-order valence-corrected chi connectivity index (χ4v) is 3.91. The van der Waals surface area contributed by atoms with Gasteiger partial charge in [-0.15, -0.1) is 0 Å². The maximum atomic E-state index is 12.4. The fourth-order valence-electron chi connectivity index (χ4n) is 2.42. The van der Waals surface area contributed by atoms with Gasteiger partial charge in [0.2, 0.25) is 10.0 Å². The molecule has 0 aliphatic carbocycles. The van der Waals surface area contributed by atoms with Crippen LogP contribution in [0.1, 0.15) is 27.2 Å². The van der Waals surface area contributed by atoms with Crippen molar-refractivity contribution in [1.82, 2.24) is 14.9 Å². The molecule has 0 radical (unpaired) electrons. The SMILES string of the molecule is CCNC(=NCCC(F)(F)F)NCCS(=O)(=O)N1CC(C)OC(C)C1. The van der Waals surface area contributed by atoms with E-state index in [2.05, 4.69) is 15.6 Å². The van der Waals surface area contributed by atoms with E-state index in [0.29, 0.717) is 19.6 Å². The Bertz CT molecular complexity index is 530. The average molecular weight is 388 g/mol. The highest BCUT2D eigenvalue weighted by Crippen LogP contribution is 2.19. The summed E-state index contributed by atoms with van der Waals surface area (Å²) >= 11 is 0. The molecule has 1 saturated heterocycles. The molecule has 0 amide bonds. The molecular weight excluding hydrogens is 361 g/mol. The molecule has 1 aliphatic heterocycles. The minimum absolute atomic E-state index is 0.0559. The molecular formula is C14H27F3N4O3S. The molecule has 11 heteroatoms. The normalized spacial score (nSPS) is 23.5. The van der Waals surface area contributed by atoms with Crippen molar-refractivity contribution >= 4 is 16.0 Å². The van der Waals surface area contributed by atoms with Crippen molar-refractivity contribution in [2.75, 3.05) is 38.5 Å². The number of rotatable bonds is 7. The Hall–Kier alpha value is -1.07. The summed E-state index contributed by atoms with van der Waals surface area (Å²) in [5.41, 5.74) is 0. The Morgan fingerprint density at radius 2 is 1.84 bits per heavy atom. The summed E-state index contributed by atoms with van der Waals surface area (Å²) in [5.74, 6) is 0.00140. The fraction of sp³-hybridized carbons (Fsp3) is 0.929. The number of nitrogens with zero attached hydrogens (tertiary/aromatic N) is 2. The first-order valence-electron chi connectivity index (χ1n) is 8.25. The van der Waals surface area contributed by atoms with Crippen LogP contribution in [0.4, 0.5) is 13.2 Å². The third kappa shape index (κ3) is 8.73. The van der Waals surface area contributed by atoms with E-state index in [-0.39, 0.29) is 30.5 Å². The van der Waals surface area contributed by atoms with Crippen LogP contribution in [0.3, 0.4) is 0 Å². The van der Waals surface area contributed by atoms with Crippen LogP contribution in [-0.2, 0) is 14.8 Å². The Morgan fingerprint density at radius 1 is 1.24 bits per heavy atom. The molecule has 1 heterocycles. The second kappa shape index (κ2) is 9.58. The topological polar surface area (TPSA) is 83.0 Å². The molecule has 1 aliphatic rings. The number of morpholine rings is 1. The molecule has 0 aromatic carbocycles. The number of alkyl halides is 3. The molecule has 2 unspecified atom stereocenters. The summed E-state index contributed by atoms with van der Waals surface area (Å²) in [5, 5.41) is 5.55. The van der Waals surface area contributed by atoms with Gasteiger partial charge in [0, 0.05) is 26.2 Å². The molecule has 2 N–H and O–H groups in total. The van der Waals surface area contributed by atoms with Crippen molar-refractivity contribution in [1.29, 1.82) is 0 Å². The standard InChI is InChI=1S/C14H27F3N4O3S/c1-4-18-13(19-6-5-14(15,16)17)20-7-8-25(22,23)21-9-11(2)24-12(3)10-21/h11-12H,4-10H2,1-3H3,(H2,18,19,20). The molecule has 0 saturated carbocycles. The lowest BCUT2D eigenvalue weighted by atomic mass is 10.3. The van der Waals surface area contributed by atoms with Gasteiger partial charge in [-0.05, 0) is 20.8 Å². The minimum Gasteiger partial charge on any atom is -0.373 e. The van der Waals surface area contributed by atoms with Crippen molar-refractivity contribution in [3.63, 3.8) is 0 Å². The number of hydrogen-bond acceptors (Lipinski definition) is 4. The number of sulfonamides is 1.